The molecule has 1 atom stereocenters. The third kappa shape index (κ3) is 4.71. The highest BCUT2D eigenvalue weighted by Crippen LogP contribution is 2.39. The molecule has 7 nitrogen and oxygen atoms in total. The summed E-state index contributed by atoms with van der Waals surface area (Å²) in [5.74, 6) is -0.109. The van der Waals surface area contributed by atoms with Crippen LogP contribution in [0.5, 0.6) is 0 Å². The number of hydrogen-bond acceptors (Lipinski definition) is 4. The monoisotopic (exact) mass is 385 g/mol. The molecule has 1 aliphatic carbocycles. The van der Waals surface area contributed by atoms with E-state index in [0.29, 0.717) is 10.8 Å². The lowest BCUT2D eigenvalue weighted by Gasteiger charge is -2.32. The Morgan fingerprint density at radius 3 is 2.50 bits per heavy atom. The number of hydrogen-bond donors (Lipinski definition) is 3. The second kappa shape index (κ2) is 7.30. The molecule has 0 saturated heterocycles. The van der Waals surface area contributed by atoms with Crippen molar-refractivity contribution in [3.05, 3.63) is 46.4 Å². The lowest BCUT2D eigenvalue weighted by atomic mass is 9.95. The first kappa shape index (κ1) is 19.9. The van der Waals surface area contributed by atoms with Crippen molar-refractivity contribution in [3.63, 3.8) is 0 Å². The zero-order valence-electron chi connectivity index (χ0n) is 16.7. The van der Waals surface area contributed by atoms with Crippen molar-refractivity contribution in [1.29, 1.82) is 0 Å². The third-order valence-electron chi connectivity index (χ3n) is 4.87. The normalized spacial score (nSPS) is 16.3. The number of carbonyl (C=O) groups excluding carboxylic acids is 2. The third-order valence-corrected chi connectivity index (χ3v) is 4.87. The Morgan fingerprint density at radius 2 is 1.86 bits per heavy atom. The zero-order valence-corrected chi connectivity index (χ0v) is 16.7. The molecule has 1 aromatic carbocycles. The standard InChI is InChI=1S/C21H27N3O4/c1-20(2,3)28-19(27)22-12-21(4,14-9-10-14)24-18(26)16-11-13-7-5-6-8-15(13)17(25)23-16/h5-8,11,14H,9-10,12H2,1-4H3,(H,22,27)(H,23,25)(H,24,26). The first-order valence-electron chi connectivity index (χ1n) is 9.49. The van der Waals surface area contributed by atoms with Crippen LogP contribution in [-0.2, 0) is 4.74 Å². The van der Waals surface area contributed by atoms with E-state index in [1.165, 1.54) is 0 Å². The van der Waals surface area contributed by atoms with Crippen LogP contribution in [0.2, 0.25) is 0 Å². The molecule has 1 saturated carbocycles. The van der Waals surface area contributed by atoms with Gasteiger partial charge in [-0.2, -0.15) is 0 Å². The number of fused-ring (bicyclic) bond motifs is 1. The van der Waals surface area contributed by atoms with Crippen LogP contribution in [0, 0.1) is 5.92 Å². The van der Waals surface area contributed by atoms with Gasteiger partial charge in [-0.05, 0) is 64.0 Å². The minimum absolute atomic E-state index is 0.202. The number of amides is 2. The molecule has 3 rings (SSSR count). The van der Waals surface area contributed by atoms with Crippen molar-refractivity contribution in [3.8, 4) is 0 Å². The molecule has 2 amide bonds. The van der Waals surface area contributed by atoms with Crippen molar-refractivity contribution in [2.75, 3.05) is 6.54 Å². The number of carbonyl (C=O) groups is 2. The van der Waals surface area contributed by atoms with Crippen LogP contribution in [0.25, 0.3) is 10.8 Å². The number of pyridine rings is 1. The van der Waals surface area contributed by atoms with E-state index in [-0.39, 0.29) is 29.6 Å². The first-order valence-corrected chi connectivity index (χ1v) is 9.49. The second-order valence-corrected chi connectivity index (χ2v) is 8.60. The molecule has 3 N–H and O–H groups in total. The average molecular weight is 385 g/mol. The molecular weight excluding hydrogens is 358 g/mol. The van der Waals surface area contributed by atoms with Gasteiger partial charge in [0.1, 0.15) is 11.3 Å². The maximum atomic E-state index is 12.8. The van der Waals surface area contributed by atoms with Crippen LogP contribution in [0.4, 0.5) is 4.79 Å². The fraction of sp³-hybridized carbons (Fsp3) is 0.476. The van der Waals surface area contributed by atoms with E-state index in [4.69, 9.17) is 4.74 Å². The van der Waals surface area contributed by atoms with Crippen molar-refractivity contribution >= 4 is 22.8 Å². The van der Waals surface area contributed by atoms with Crippen molar-refractivity contribution in [2.45, 2.75) is 51.7 Å². The van der Waals surface area contributed by atoms with Gasteiger partial charge in [0.05, 0.1) is 5.54 Å². The molecule has 1 aliphatic rings. The number of rotatable bonds is 5. The van der Waals surface area contributed by atoms with E-state index in [0.717, 1.165) is 12.8 Å². The highest BCUT2D eigenvalue weighted by molar-refractivity contribution is 5.96. The Morgan fingerprint density at radius 1 is 1.18 bits per heavy atom. The average Bonchev–Trinajstić information content (AvgIpc) is 3.44. The van der Waals surface area contributed by atoms with E-state index in [1.807, 2.05) is 13.0 Å². The van der Waals surface area contributed by atoms with Gasteiger partial charge in [0.2, 0.25) is 0 Å². The predicted octanol–water partition coefficient (Wildman–Crippen LogP) is 2.95. The van der Waals surface area contributed by atoms with Gasteiger partial charge in [0.25, 0.3) is 11.5 Å². The fourth-order valence-electron chi connectivity index (χ4n) is 3.24. The molecule has 0 aliphatic heterocycles. The summed E-state index contributed by atoms with van der Waals surface area (Å²) >= 11 is 0. The van der Waals surface area contributed by atoms with Crippen molar-refractivity contribution < 1.29 is 14.3 Å². The van der Waals surface area contributed by atoms with E-state index in [9.17, 15) is 14.4 Å². The summed E-state index contributed by atoms with van der Waals surface area (Å²) in [6.07, 6.45) is 1.43. The Kier molecular flexibility index (Phi) is 5.19. The Balaban J connectivity index is 1.74. The van der Waals surface area contributed by atoms with Gasteiger partial charge in [0, 0.05) is 11.9 Å². The van der Waals surface area contributed by atoms with Crippen LogP contribution in [0.1, 0.15) is 51.0 Å². The predicted molar refractivity (Wildman–Crippen MR) is 107 cm³/mol. The molecule has 0 bridgehead atoms. The van der Waals surface area contributed by atoms with Crippen LogP contribution in [-0.4, -0.2) is 34.7 Å². The molecule has 0 radical (unpaired) electrons. The second-order valence-electron chi connectivity index (χ2n) is 8.60. The first-order chi connectivity index (χ1) is 13.1. The molecule has 7 heteroatoms. The van der Waals surface area contributed by atoms with Crippen LogP contribution >= 0.6 is 0 Å². The minimum atomic E-state index is -0.628. The summed E-state index contributed by atoms with van der Waals surface area (Å²) in [6, 6.07) is 8.79. The number of ether oxygens (including phenoxy) is 1. The summed E-state index contributed by atoms with van der Waals surface area (Å²) in [7, 11) is 0. The molecule has 1 fully saturated rings. The number of aromatic amines is 1. The van der Waals surface area contributed by atoms with Crippen molar-refractivity contribution in [2.24, 2.45) is 5.92 Å². The van der Waals surface area contributed by atoms with E-state index in [1.54, 1.807) is 45.0 Å². The molecule has 2 aromatic rings. The van der Waals surface area contributed by atoms with Crippen LogP contribution < -0.4 is 16.2 Å². The molecule has 1 unspecified atom stereocenters. The highest BCUT2D eigenvalue weighted by Gasteiger charge is 2.43. The quantitative estimate of drug-likeness (QED) is 0.737. The van der Waals surface area contributed by atoms with E-state index in [2.05, 4.69) is 15.6 Å². The number of alkyl carbamates (subject to hydrolysis) is 1. The van der Waals surface area contributed by atoms with E-state index < -0.39 is 17.2 Å². The fourth-order valence-corrected chi connectivity index (χ4v) is 3.24. The lowest BCUT2D eigenvalue weighted by Crippen LogP contribution is -2.55. The molecule has 1 aromatic heterocycles. The van der Waals surface area contributed by atoms with Gasteiger partial charge < -0.3 is 20.4 Å². The zero-order chi connectivity index (χ0) is 20.5. The maximum Gasteiger partial charge on any atom is 0.407 e. The molecule has 28 heavy (non-hydrogen) atoms. The summed E-state index contributed by atoms with van der Waals surface area (Å²) < 4.78 is 5.28. The van der Waals surface area contributed by atoms with Gasteiger partial charge in [-0.25, -0.2) is 4.79 Å². The number of nitrogens with one attached hydrogen (secondary N) is 3. The van der Waals surface area contributed by atoms with Gasteiger partial charge in [-0.15, -0.1) is 0 Å². The van der Waals surface area contributed by atoms with Crippen LogP contribution in [0.15, 0.2) is 35.1 Å². The topological polar surface area (TPSA) is 100 Å². The number of H-pyrrole nitrogens is 1. The maximum absolute atomic E-state index is 12.8. The van der Waals surface area contributed by atoms with E-state index >= 15 is 0 Å². The molecule has 0 spiro atoms. The lowest BCUT2D eigenvalue weighted by molar-refractivity contribution is 0.0502. The van der Waals surface area contributed by atoms with Crippen LogP contribution in [0.3, 0.4) is 0 Å². The summed E-state index contributed by atoms with van der Waals surface area (Å²) in [5.41, 5.74) is -1.32. The van der Waals surface area contributed by atoms with Crippen molar-refractivity contribution in [1.82, 2.24) is 15.6 Å². The highest BCUT2D eigenvalue weighted by atomic mass is 16.6. The molecular formula is C21H27N3O4. The summed E-state index contributed by atoms with van der Waals surface area (Å²) in [4.78, 5) is 39.7. The number of aromatic nitrogens is 1. The van der Waals surface area contributed by atoms with Gasteiger partial charge in [-0.3, -0.25) is 9.59 Å². The Labute approximate surface area is 163 Å². The Hall–Kier alpha value is -2.83. The summed E-state index contributed by atoms with van der Waals surface area (Å²) in [5, 5.41) is 7.00. The molecule has 150 valence electrons. The SMILES string of the molecule is CC(C)(C)OC(=O)NCC(C)(NC(=O)c1cc2ccccc2c(=O)[nH]1)C1CC1. The largest absolute Gasteiger partial charge is 0.444 e. The van der Waals surface area contributed by atoms with Gasteiger partial charge in [0.15, 0.2) is 0 Å². The van der Waals surface area contributed by atoms with Gasteiger partial charge >= 0.3 is 6.09 Å². The smallest absolute Gasteiger partial charge is 0.407 e. The Bertz CT molecular complexity index is 956. The number of benzene rings is 1. The summed E-state index contributed by atoms with van der Waals surface area (Å²) in [6.45, 7) is 7.54. The minimum Gasteiger partial charge on any atom is -0.444 e. The van der Waals surface area contributed by atoms with Gasteiger partial charge in [-0.1, -0.05) is 18.2 Å². The molecule has 1 heterocycles.